The monoisotopic (exact) mass is 474 g/mol. The smallest absolute Gasteiger partial charge is 0.416 e. The van der Waals surface area contributed by atoms with Crippen LogP contribution in [0.4, 0.5) is 29.3 Å². The second kappa shape index (κ2) is 11.0. The Balaban J connectivity index is 1.88. The Kier molecular flexibility index (Phi) is 8.60. The molecule has 0 radical (unpaired) electrons. The highest BCUT2D eigenvalue weighted by Crippen LogP contribution is 2.37. The van der Waals surface area contributed by atoms with Crippen molar-refractivity contribution in [3.8, 4) is 0 Å². The number of esters is 1. The van der Waals surface area contributed by atoms with Crippen LogP contribution in [0.2, 0.25) is 0 Å². The second-order valence-corrected chi connectivity index (χ2v) is 7.98. The first-order valence-electron chi connectivity index (χ1n) is 10.2. The zero-order valence-electron chi connectivity index (χ0n) is 18.1. The number of piperidine rings is 1. The second-order valence-electron chi connectivity index (χ2n) is 7.98. The van der Waals surface area contributed by atoms with Crippen molar-refractivity contribution in [2.24, 2.45) is 11.8 Å². The van der Waals surface area contributed by atoms with E-state index < -0.39 is 52.8 Å². The lowest BCUT2D eigenvalue weighted by Gasteiger charge is -2.32. The van der Waals surface area contributed by atoms with Gasteiger partial charge < -0.3 is 15.0 Å². The predicted molar refractivity (Wildman–Crippen MR) is 110 cm³/mol. The van der Waals surface area contributed by atoms with Crippen LogP contribution < -0.4 is 15.5 Å². The van der Waals surface area contributed by atoms with Crippen molar-refractivity contribution in [1.29, 1.82) is 0 Å². The van der Waals surface area contributed by atoms with Gasteiger partial charge in [-0.1, -0.05) is 13.8 Å². The number of carbonyl (C=O) groups is 3. The zero-order valence-corrected chi connectivity index (χ0v) is 18.1. The maximum Gasteiger partial charge on any atom is 0.416 e. The van der Waals surface area contributed by atoms with Crippen molar-refractivity contribution in [2.75, 3.05) is 31.1 Å². The molecule has 0 unspecified atom stereocenters. The number of hydrogen-bond acceptors (Lipinski definition) is 7. The minimum absolute atomic E-state index is 0.0339. The zero-order chi connectivity index (χ0) is 24.8. The number of nitro benzene ring substituents is 1. The van der Waals surface area contributed by atoms with Crippen LogP contribution in [0.25, 0.3) is 0 Å². The Bertz CT molecular complexity index is 898. The maximum atomic E-state index is 12.9. The fourth-order valence-corrected chi connectivity index (χ4v) is 3.23. The molecule has 1 aromatic carbocycles. The summed E-state index contributed by atoms with van der Waals surface area (Å²) in [5, 5.41) is 15.8. The number of urea groups is 1. The number of ether oxygens (including phenoxy) is 1. The molecule has 13 heteroatoms. The highest BCUT2D eigenvalue weighted by atomic mass is 19.4. The van der Waals surface area contributed by atoms with Gasteiger partial charge in [0, 0.05) is 25.7 Å². The molecular formula is C20H25F3N4O6. The average molecular weight is 474 g/mol. The van der Waals surface area contributed by atoms with E-state index in [0.717, 1.165) is 12.1 Å². The van der Waals surface area contributed by atoms with Gasteiger partial charge in [-0.05, 0) is 30.9 Å². The number of amides is 3. The average Bonchev–Trinajstić information content (AvgIpc) is 2.75. The van der Waals surface area contributed by atoms with Gasteiger partial charge in [0.05, 0.1) is 16.4 Å². The topological polar surface area (TPSA) is 131 Å². The van der Waals surface area contributed by atoms with Crippen LogP contribution >= 0.6 is 0 Å². The fraction of sp³-hybridized carbons (Fsp3) is 0.550. The molecule has 1 aliphatic rings. The van der Waals surface area contributed by atoms with Crippen LogP contribution in [-0.4, -0.2) is 49.1 Å². The molecule has 1 heterocycles. The van der Waals surface area contributed by atoms with Crippen LogP contribution in [0, 0.1) is 22.0 Å². The first-order chi connectivity index (χ1) is 15.4. The van der Waals surface area contributed by atoms with E-state index in [0.29, 0.717) is 12.6 Å². The Morgan fingerprint density at radius 2 is 1.88 bits per heavy atom. The predicted octanol–water partition coefficient (Wildman–Crippen LogP) is 2.86. The van der Waals surface area contributed by atoms with Gasteiger partial charge >= 0.3 is 18.2 Å². The summed E-state index contributed by atoms with van der Waals surface area (Å²) in [6, 6.07) is 1.62. The minimum Gasteiger partial charge on any atom is -0.455 e. The van der Waals surface area contributed by atoms with Crippen LogP contribution in [0.15, 0.2) is 18.2 Å². The van der Waals surface area contributed by atoms with E-state index in [1.165, 1.54) is 4.90 Å². The molecule has 0 bridgehead atoms. The van der Waals surface area contributed by atoms with Gasteiger partial charge in [-0.3, -0.25) is 25.0 Å². The number of nitro groups is 1. The number of benzene rings is 1. The summed E-state index contributed by atoms with van der Waals surface area (Å²) in [6.07, 6.45) is -4.25. The number of rotatable bonds is 7. The van der Waals surface area contributed by atoms with Gasteiger partial charge in [-0.15, -0.1) is 0 Å². The summed E-state index contributed by atoms with van der Waals surface area (Å²) < 4.78 is 43.6. The Labute approximate surface area is 187 Å². The molecule has 0 atom stereocenters. The van der Waals surface area contributed by atoms with Gasteiger partial charge in [0.2, 0.25) is 0 Å². The molecule has 2 N–H and O–H groups in total. The number of halogens is 3. The van der Waals surface area contributed by atoms with E-state index in [2.05, 4.69) is 5.32 Å². The minimum atomic E-state index is -4.71. The number of carbonyl (C=O) groups excluding carboxylic acids is 3. The first-order valence-corrected chi connectivity index (χ1v) is 10.2. The molecule has 1 aliphatic heterocycles. The lowest BCUT2D eigenvalue weighted by Crippen LogP contribution is -2.43. The molecule has 0 spiro atoms. The summed E-state index contributed by atoms with van der Waals surface area (Å²) in [4.78, 5) is 47.4. The van der Waals surface area contributed by atoms with Gasteiger partial charge in [-0.2, -0.15) is 13.2 Å². The highest BCUT2D eigenvalue weighted by molar-refractivity contribution is 5.95. The van der Waals surface area contributed by atoms with Gasteiger partial charge in [0.25, 0.3) is 11.6 Å². The maximum absolute atomic E-state index is 12.9. The van der Waals surface area contributed by atoms with Crippen LogP contribution in [0.1, 0.15) is 32.3 Å². The van der Waals surface area contributed by atoms with E-state index in [4.69, 9.17) is 4.74 Å². The molecule has 3 amide bonds. The van der Waals surface area contributed by atoms with Gasteiger partial charge in [0.15, 0.2) is 6.61 Å². The molecule has 2 rings (SSSR count). The van der Waals surface area contributed by atoms with Crippen LogP contribution in [-0.2, 0) is 20.5 Å². The molecule has 182 valence electrons. The van der Waals surface area contributed by atoms with Crippen molar-refractivity contribution >= 4 is 29.3 Å². The SMILES string of the molecule is CC(C)CNC(=O)NC(=O)COC(=O)C1CCN(c2ccc(C(F)(F)F)cc2[N+](=O)[O-])CC1. The third kappa shape index (κ3) is 7.61. The number of nitrogens with zero attached hydrogens (tertiary/aromatic N) is 2. The van der Waals surface area contributed by atoms with E-state index in [9.17, 15) is 37.7 Å². The van der Waals surface area contributed by atoms with E-state index in [-0.39, 0.29) is 37.5 Å². The molecular weight excluding hydrogens is 449 g/mol. The van der Waals surface area contributed by atoms with Crippen molar-refractivity contribution < 1.29 is 37.2 Å². The number of hydrogen-bond donors (Lipinski definition) is 2. The van der Waals surface area contributed by atoms with Crippen molar-refractivity contribution in [3.63, 3.8) is 0 Å². The summed E-state index contributed by atoms with van der Waals surface area (Å²) in [6.45, 7) is 3.84. The number of imide groups is 1. The first kappa shape index (κ1) is 25.9. The normalized spacial score (nSPS) is 14.7. The summed E-state index contributed by atoms with van der Waals surface area (Å²) in [7, 11) is 0. The molecule has 10 nitrogen and oxygen atoms in total. The van der Waals surface area contributed by atoms with Crippen molar-refractivity contribution in [1.82, 2.24) is 10.6 Å². The van der Waals surface area contributed by atoms with Gasteiger partial charge in [-0.25, -0.2) is 4.79 Å². The molecule has 1 aromatic rings. The quantitative estimate of drug-likeness (QED) is 0.353. The van der Waals surface area contributed by atoms with Crippen LogP contribution in [0.3, 0.4) is 0 Å². The Hall–Kier alpha value is -3.38. The highest BCUT2D eigenvalue weighted by Gasteiger charge is 2.35. The van der Waals surface area contributed by atoms with Crippen molar-refractivity contribution in [2.45, 2.75) is 32.9 Å². The van der Waals surface area contributed by atoms with E-state index in [1.807, 2.05) is 19.2 Å². The molecule has 1 fully saturated rings. The fourth-order valence-electron chi connectivity index (χ4n) is 3.23. The number of alkyl halides is 3. The lowest BCUT2D eigenvalue weighted by atomic mass is 9.96. The summed E-state index contributed by atoms with van der Waals surface area (Å²) >= 11 is 0. The molecule has 0 aliphatic carbocycles. The van der Waals surface area contributed by atoms with Crippen molar-refractivity contribution in [3.05, 3.63) is 33.9 Å². The summed E-state index contributed by atoms with van der Waals surface area (Å²) in [5.41, 5.74) is -1.75. The third-order valence-electron chi connectivity index (χ3n) is 4.94. The third-order valence-corrected chi connectivity index (χ3v) is 4.94. The molecule has 0 saturated carbocycles. The molecule has 0 aromatic heterocycles. The molecule has 1 saturated heterocycles. The van der Waals surface area contributed by atoms with Gasteiger partial charge in [0.1, 0.15) is 5.69 Å². The Morgan fingerprint density at radius 3 is 2.42 bits per heavy atom. The Morgan fingerprint density at radius 1 is 1.24 bits per heavy atom. The lowest BCUT2D eigenvalue weighted by molar-refractivity contribution is -0.384. The number of nitrogens with one attached hydrogen (secondary N) is 2. The summed E-state index contributed by atoms with van der Waals surface area (Å²) in [5.74, 6) is -1.84. The molecule has 33 heavy (non-hydrogen) atoms. The number of anilines is 1. The van der Waals surface area contributed by atoms with E-state index >= 15 is 0 Å². The standard InChI is InChI=1S/C20H25F3N4O6/c1-12(2)10-24-19(30)25-17(28)11-33-18(29)13-5-7-26(8-6-13)15-4-3-14(20(21,22)23)9-16(15)27(31)32/h3-4,9,12-13H,5-8,10-11H2,1-2H3,(H2,24,25,28,30). The van der Waals surface area contributed by atoms with Crippen LogP contribution in [0.5, 0.6) is 0 Å². The van der Waals surface area contributed by atoms with E-state index in [1.54, 1.807) is 0 Å². The largest absolute Gasteiger partial charge is 0.455 e.